The SMILES string of the molecule is Cc1cc(C(=O)CSc2nccn2C)c(C)n1Cc1ccc2c(c1)OCO2. The molecule has 0 fully saturated rings. The summed E-state index contributed by atoms with van der Waals surface area (Å²) < 4.78 is 14.9. The van der Waals surface area contributed by atoms with E-state index in [4.69, 9.17) is 9.47 Å². The van der Waals surface area contributed by atoms with Crippen molar-refractivity contribution < 1.29 is 14.3 Å². The van der Waals surface area contributed by atoms with Crippen LogP contribution in [0.4, 0.5) is 0 Å². The summed E-state index contributed by atoms with van der Waals surface area (Å²) in [5.41, 5.74) is 3.93. The van der Waals surface area contributed by atoms with Crippen molar-refractivity contribution >= 4 is 17.5 Å². The number of aromatic nitrogens is 3. The van der Waals surface area contributed by atoms with Gasteiger partial charge in [0.15, 0.2) is 22.4 Å². The number of thioether (sulfide) groups is 1. The number of ether oxygens (including phenoxy) is 2. The number of rotatable bonds is 6. The lowest BCUT2D eigenvalue weighted by atomic mass is 10.1. The maximum Gasteiger partial charge on any atom is 0.231 e. The predicted molar refractivity (Wildman–Crippen MR) is 104 cm³/mol. The van der Waals surface area contributed by atoms with Crippen molar-refractivity contribution in [1.29, 1.82) is 0 Å². The van der Waals surface area contributed by atoms with Crippen molar-refractivity contribution in [1.82, 2.24) is 14.1 Å². The van der Waals surface area contributed by atoms with Crippen LogP contribution in [-0.4, -0.2) is 32.4 Å². The summed E-state index contributed by atoms with van der Waals surface area (Å²) >= 11 is 1.46. The van der Waals surface area contributed by atoms with Gasteiger partial charge in [0.1, 0.15) is 0 Å². The van der Waals surface area contributed by atoms with Gasteiger partial charge in [-0.05, 0) is 37.6 Å². The summed E-state index contributed by atoms with van der Waals surface area (Å²) in [5.74, 6) is 2.05. The number of fused-ring (bicyclic) bond motifs is 1. The quantitative estimate of drug-likeness (QED) is 0.481. The normalized spacial score (nSPS) is 12.6. The molecule has 0 saturated carbocycles. The van der Waals surface area contributed by atoms with Crippen LogP contribution in [0, 0.1) is 13.8 Å². The van der Waals surface area contributed by atoms with Crippen molar-refractivity contribution in [3.05, 3.63) is 59.2 Å². The van der Waals surface area contributed by atoms with Crippen LogP contribution in [0.15, 0.2) is 41.8 Å². The van der Waals surface area contributed by atoms with Crippen LogP contribution in [0.3, 0.4) is 0 Å². The van der Waals surface area contributed by atoms with E-state index in [9.17, 15) is 4.79 Å². The first-order chi connectivity index (χ1) is 13.0. The molecule has 0 saturated heterocycles. The van der Waals surface area contributed by atoms with Crippen LogP contribution in [0.5, 0.6) is 11.5 Å². The molecule has 1 aliphatic heterocycles. The van der Waals surface area contributed by atoms with Gasteiger partial charge >= 0.3 is 0 Å². The Labute approximate surface area is 162 Å². The molecular weight excluding hydrogens is 362 g/mol. The molecule has 0 bridgehead atoms. The first kappa shape index (κ1) is 17.7. The van der Waals surface area contributed by atoms with E-state index in [2.05, 4.69) is 9.55 Å². The number of Topliss-reactive ketones (excluding diaryl/α,β-unsaturated/α-hetero) is 1. The van der Waals surface area contributed by atoms with E-state index in [0.717, 1.165) is 39.2 Å². The molecule has 6 nitrogen and oxygen atoms in total. The van der Waals surface area contributed by atoms with Crippen molar-refractivity contribution in [2.75, 3.05) is 12.5 Å². The Bertz CT molecular complexity index is 1010. The second-order valence-corrected chi connectivity index (χ2v) is 7.53. The Hall–Kier alpha value is -2.67. The monoisotopic (exact) mass is 383 g/mol. The minimum atomic E-state index is 0.119. The third kappa shape index (κ3) is 3.47. The molecule has 3 heterocycles. The first-order valence-electron chi connectivity index (χ1n) is 8.71. The molecule has 1 aromatic carbocycles. The average molecular weight is 383 g/mol. The number of imidazole rings is 1. The van der Waals surface area contributed by atoms with Crippen LogP contribution in [0.2, 0.25) is 0 Å². The van der Waals surface area contributed by atoms with Crippen molar-refractivity contribution in [2.45, 2.75) is 25.5 Å². The second kappa shape index (κ2) is 7.15. The summed E-state index contributed by atoms with van der Waals surface area (Å²) in [4.78, 5) is 17.0. The van der Waals surface area contributed by atoms with Gasteiger partial charge in [-0.1, -0.05) is 17.8 Å². The summed E-state index contributed by atoms with van der Waals surface area (Å²) in [6.07, 6.45) is 3.62. The van der Waals surface area contributed by atoms with Gasteiger partial charge in [0.05, 0.1) is 5.75 Å². The number of aryl methyl sites for hydroxylation is 2. The Morgan fingerprint density at radius 1 is 1.22 bits per heavy atom. The number of carbonyl (C=O) groups excluding carboxylic acids is 1. The van der Waals surface area contributed by atoms with E-state index >= 15 is 0 Å². The first-order valence-corrected chi connectivity index (χ1v) is 9.70. The Balaban J connectivity index is 1.51. The van der Waals surface area contributed by atoms with E-state index in [1.54, 1.807) is 6.20 Å². The van der Waals surface area contributed by atoms with Gasteiger partial charge in [-0.2, -0.15) is 0 Å². The van der Waals surface area contributed by atoms with Crippen LogP contribution >= 0.6 is 11.8 Å². The maximum absolute atomic E-state index is 12.7. The van der Waals surface area contributed by atoms with Gasteiger partial charge in [-0.25, -0.2) is 4.98 Å². The van der Waals surface area contributed by atoms with Gasteiger partial charge in [0, 0.05) is 42.9 Å². The minimum absolute atomic E-state index is 0.119. The molecule has 0 aliphatic carbocycles. The summed E-state index contributed by atoms with van der Waals surface area (Å²) in [6.45, 7) is 4.99. The second-order valence-electron chi connectivity index (χ2n) is 6.59. The van der Waals surface area contributed by atoms with Crippen LogP contribution in [0.25, 0.3) is 0 Å². The molecule has 27 heavy (non-hydrogen) atoms. The fourth-order valence-electron chi connectivity index (χ4n) is 3.25. The van der Waals surface area contributed by atoms with Crippen LogP contribution < -0.4 is 9.47 Å². The third-order valence-electron chi connectivity index (χ3n) is 4.76. The fourth-order valence-corrected chi connectivity index (χ4v) is 4.06. The largest absolute Gasteiger partial charge is 0.454 e. The van der Waals surface area contributed by atoms with Crippen LogP contribution in [-0.2, 0) is 13.6 Å². The van der Waals surface area contributed by atoms with Gasteiger partial charge in [-0.3, -0.25) is 4.79 Å². The van der Waals surface area contributed by atoms with Gasteiger partial charge < -0.3 is 18.6 Å². The third-order valence-corrected chi connectivity index (χ3v) is 5.82. The van der Waals surface area contributed by atoms with E-state index in [1.165, 1.54) is 11.8 Å². The molecule has 3 aromatic rings. The summed E-state index contributed by atoms with van der Waals surface area (Å²) in [5, 5.41) is 0.845. The van der Waals surface area contributed by atoms with Crippen LogP contribution in [0.1, 0.15) is 27.3 Å². The zero-order valence-corrected chi connectivity index (χ0v) is 16.4. The number of hydrogen-bond acceptors (Lipinski definition) is 5. The lowest BCUT2D eigenvalue weighted by Crippen LogP contribution is -2.08. The average Bonchev–Trinajstić information content (AvgIpc) is 3.35. The Kier molecular flexibility index (Phi) is 4.70. The highest BCUT2D eigenvalue weighted by Gasteiger charge is 2.18. The standard InChI is InChI=1S/C20H21N3O3S/c1-13-8-16(17(24)11-27-20-21-6-7-22(20)3)14(2)23(13)10-15-4-5-18-19(9-15)26-12-25-18/h4-9H,10-12H2,1-3H3. The number of hydrogen-bond donors (Lipinski definition) is 0. The Morgan fingerprint density at radius 2 is 2.04 bits per heavy atom. The minimum Gasteiger partial charge on any atom is -0.454 e. The fraction of sp³-hybridized carbons (Fsp3) is 0.300. The van der Waals surface area contributed by atoms with Gasteiger partial charge in [-0.15, -0.1) is 0 Å². The summed E-state index contributed by atoms with van der Waals surface area (Å²) in [6, 6.07) is 7.94. The highest BCUT2D eigenvalue weighted by Crippen LogP contribution is 2.33. The maximum atomic E-state index is 12.7. The molecule has 0 atom stereocenters. The molecule has 2 aromatic heterocycles. The highest BCUT2D eigenvalue weighted by molar-refractivity contribution is 7.99. The van der Waals surface area contributed by atoms with E-state index in [-0.39, 0.29) is 12.6 Å². The smallest absolute Gasteiger partial charge is 0.231 e. The molecule has 0 spiro atoms. The molecule has 0 unspecified atom stereocenters. The van der Waals surface area contributed by atoms with Crippen molar-refractivity contribution in [3.63, 3.8) is 0 Å². The zero-order chi connectivity index (χ0) is 19.0. The highest BCUT2D eigenvalue weighted by atomic mass is 32.2. The van der Waals surface area contributed by atoms with E-state index < -0.39 is 0 Å². The molecule has 1 aliphatic rings. The number of carbonyl (C=O) groups is 1. The topological polar surface area (TPSA) is 58.3 Å². The predicted octanol–water partition coefficient (Wildman–Crippen LogP) is 3.59. The number of nitrogens with zero attached hydrogens (tertiary/aromatic N) is 3. The summed E-state index contributed by atoms with van der Waals surface area (Å²) in [7, 11) is 1.93. The lowest BCUT2D eigenvalue weighted by molar-refractivity contribution is 0.102. The van der Waals surface area contributed by atoms with Gasteiger partial charge in [0.2, 0.25) is 6.79 Å². The molecule has 7 heteroatoms. The molecule has 0 N–H and O–H groups in total. The molecule has 0 amide bonds. The van der Waals surface area contributed by atoms with Crippen molar-refractivity contribution in [3.8, 4) is 11.5 Å². The Morgan fingerprint density at radius 3 is 2.81 bits per heavy atom. The van der Waals surface area contributed by atoms with E-state index in [0.29, 0.717) is 12.3 Å². The zero-order valence-electron chi connectivity index (χ0n) is 15.6. The number of ketones is 1. The van der Waals surface area contributed by atoms with E-state index in [1.807, 2.05) is 55.9 Å². The van der Waals surface area contributed by atoms with Gasteiger partial charge in [0.25, 0.3) is 0 Å². The van der Waals surface area contributed by atoms with Crippen molar-refractivity contribution in [2.24, 2.45) is 7.05 Å². The lowest BCUT2D eigenvalue weighted by Gasteiger charge is -2.10. The molecule has 4 rings (SSSR count). The molecule has 0 radical (unpaired) electrons. The molecule has 140 valence electrons. The molecular formula is C20H21N3O3S. The number of benzene rings is 1.